The summed E-state index contributed by atoms with van der Waals surface area (Å²) in [5, 5.41) is 15.3. The molecule has 0 saturated heterocycles. The molecule has 0 unspecified atom stereocenters. The van der Waals surface area contributed by atoms with Gasteiger partial charge in [0.2, 0.25) is 0 Å². The number of alkyl halides is 3. The van der Waals surface area contributed by atoms with Crippen molar-refractivity contribution in [2.45, 2.75) is 57.2 Å². The Balaban J connectivity index is 1.58. The van der Waals surface area contributed by atoms with Gasteiger partial charge in [-0.05, 0) is 43.2 Å². The number of amides is 2. The van der Waals surface area contributed by atoms with Crippen LogP contribution in [0.4, 0.5) is 28.0 Å². The number of nitrogens with one attached hydrogen (secondary N) is 2. The predicted octanol–water partition coefficient (Wildman–Crippen LogP) is 4.61. The lowest BCUT2D eigenvalue weighted by Gasteiger charge is -2.38. The van der Waals surface area contributed by atoms with Crippen molar-refractivity contribution in [1.29, 1.82) is 0 Å². The zero-order valence-electron chi connectivity index (χ0n) is 17.3. The Morgan fingerprint density at radius 2 is 1.91 bits per heavy atom. The third-order valence-electron chi connectivity index (χ3n) is 5.49. The van der Waals surface area contributed by atoms with E-state index in [0.29, 0.717) is 28.8 Å². The Labute approximate surface area is 181 Å². The van der Waals surface area contributed by atoms with Crippen molar-refractivity contribution in [1.82, 2.24) is 5.32 Å². The van der Waals surface area contributed by atoms with E-state index in [1.807, 2.05) is 0 Å². The number of hydrogen-bond acceptors (Lipinski definition) is 4. The van der Waals surface area contributed by atoms with Crippen LogP contribution in [0.15, 0.2) is 30.3 Å². The van der Waals surface area contributed by atoms with E-state index in [0.717, 1.165) is 6.07 Å². The van der Waals surface area contributed by atoms with Gasteiger partial charge >= 0.3 is 12.4 Å². The molecule has 0 spiro atoms. The fourth-order valence-corrected chi connectivity index (χ4v) is 4.27. The lowest BCUT2D eigenvalue weighted by molar-refractivity contribution is -0.275. The minimum Gasteiger partial charge on any atom is -0.483 e. The SMILES string of the molecule is CC1(C)C[C@@H](NC(=O)Nc2ccc(F)c3c2C[C@@H](O)C3)c2cccc(OC(F)(F)F)c2O1. The van der Waals surface area contributed by atoms with Crippen molar-refractivity contribution in [3.8, 4) is 11.5 Å². The molecule has 0 aromatic heterocycles. The van der Waals surface area contributed by atoms with E-state index in [1.54, 1.807) is 19.9 Å². The monoisotopic (exact) mass is 454 g/mol. The van der Waals surface area contributed by atoms with Gasteiger partial charge in [0.25, 0.3) is 0 Å². The number of urea groups is 1. The van der Waals surface area contributed by atoms with Gasteiger partial charge < -0.3 is 25.2 Å². The quantitative estimate of drug-likeness (QED) is 0.592. The van der Waals surface area contributed by atoms with Gasteiger partial charge in [0, 0.05) is 30.5 Å². The minimum absolute atomic E-state index is 0.0860. The molecular weight excluding hydrogens is 432 g/mol. The zero-order valence-corrected chi connectivity index (χ0v) is 17.3. The number of benzene rings is 2. The Hall–Kier alpha value is -3.01. The van der Waals surface area contributed by atoms with Crippen LogP contribution >= 0.6 is 0 Å². The molecule has 2 amide bonds. The van der Waals surface area contributed by atoms with Crippen LogP contribution in [-0.2, 0) is 12.8 Å². The number of anilines is 1. The standard InChI is InChI=1S/C22H22F4N2O4/c1-21(2)10-17(12-4-3-5-18(19(12)32-21)31-22(24,25)26)28-20(30)27-16-7-6-15(23)13-8-11(29)9-14(13)16/h3-7,11,17,29H,8-10H2,1-2H3,(H2,27,28,30)/t11-,17+/m0/s1. The fourth-order valence-electron chi connectivity index (χ4n) is 4.27. The number of carbonyl (C=O) groups is 1. The Kier molecular flexibility index (Phi) is 5.44. The summed E-state index contributed by atoms with van der Waals surface area (Å²) >= 11 is 0. The van der Waals surface area contributed by atoms with Crippen LogP contribution in [0.5, 0.6) is 11.5 Å². The fraction of sp³-hybridized carbons (Fsp3) is 0.409. The third-order valence-corrected chi connectivity index (χ3v) is 5.49. The van der Waals surface area contributed by atoms with Crippen LogP contribution in [0.1, 0.15) is 43.0 Å². The average molecular weight is 454 g/mol. The van der Waals surface area contributed by atoms with E-state index in [9.17, 15) is 27.5 Å². The first-order valence-corrected chi connectivity index (χ1v) is 10.1. The second kappa shape index (κ2) is 7.84. The lowest BCUT2D eigenvalue weighted by atomic mass is 9.89. The molecule has 0 radical (unpaired) electrons. The van der Waals surface area contributed by atoms with Gasteiger partial charge in [0.1, 0.15) is 11.4 Å². The van der Waals surface area contributed by atoms with Crippen molar-refractivity contribution in [2.75, 3.05) is 5.32 Å². The molecule has 32 heavy (non-hydrogen) atoms. The number of hydrogen-bond donors (Lipinski definition) is 3. The average Bonchev–Trinajstić information content (AvgIpc) is 3.06. The van der Waals surface area contributed by atoms with Crippen molar-refractivity contribution in [3.63, 3.8) is 0 Å². The van der Waals surface area contributed by atoms with Crippen LogP contribution in [0, 0.1) is 5.82 Å². The second-order valence-electron chi connectivity index (χ2n) is 8.55. The highest BCUT2D eigenvalue weighted by Gasteiger charge is 2.39. The molecule has 0 saturated carbocycles. The maximum absolute atomic E-state index is 14.0. The van der Waals surface area contributed by atoms with Gasteiger partial charge in [-0.15, -0.1) is 13.2 Å². The summed E-state index contributed by atoms with van der Waals surface area (Å²) in [7, 11) is 0. The number of carbonyl (C=O) groups excluding carboxylic acids is 1. The summed E-state index contributed by atoms with van der Waals surface area (Å²) in [4.78, 5) is 12.8. The lowest BCUT2D eigenvalue weighted by Crippen LogP contribution is -2.42. The number of aliphatic hydroxyl groups excluding tert-OH is 1. The Morgan fingerprint density at radius 1 is 1.19 bits per heavy atom. The van der Waals surface area contributed by atoms with Crippen LogP contribution in [0.3, 0.4) is 0 Å². The molecule has 0 fully saturated rings. The van der Waals surface area contributed by atoms with Crippen LogP contribution in [-0.4, -0.2) is 29.2 Å². The molecule has 2 aromatic carbocycles. The van der Waals surface area contributed by atoms with Crippen molar-refractivity contribution >= 4 is 11.7 Å². The van der Waals surface area contributed by atoms with E-state index in [4.69, 9.17) is 4.74 Å². The van der Waals surface area contributed by atoms with Gasteiger partial charge in [0.05, 0.1) is 12.1 Å². The van der Waals surface area contributed by atoms with Crippen LogP contribution in [0.2, 0.25) is 0 Å². The molecule has 0 bridgehead atoms. The maximum atomic E-state index is 14.0. The number of fused-ring (bicyclic) bond motifs is 2. The van der Waals surface area contributed by atoms with Crippen LogP contribution < -0.4 is 20.1 Å². The summed E-state index contributed by atoms with van der Waals surface area (Å²) in [6.07, 6.45) is -4.94. The molecule has 172 valence electrons. The molecule has 2 aromatic rings. The highest BCUT2D eigenvalue weighted by molar-refractivity contribution is 5.91. The van der Waals surface area contributed by atoms with E-state index >= 15 is 0 Å². The first-order valence-electron chi connectivity index (χ1n) is 10.1. The molecule has 4 rings (SSSR count). The first kappa shape index (κ1) is 22.2. The summed E-state index contributed by atoms with van der Waals surface area (Å²) in [5.41, 5.74) is 0.734. The van der Waals surface area contributed by atoms with Crippen LogP contribution in [0.25, 0.3) is 0 Å². The molecular formula is C22H22F4N2O4. The van der Waals surface area contributed by atoms with E-state index < -0.39 is 41.7 Å². The highest BCUT2D eigenvalue weighted by Crippen LogP contribution is 2.46. The van der Waals surface area contributed by atoms with Gasteiger partial charge in [-0.25, -0.2) is 9.18 Å². The van der Waals surface area contributed by atoms with Gasteiger partial charge in [0.15, 0.2) is 11.5 Å². The molecule has 1 aliphatic carbocycles. The van der Waals surface area contributed by atoms with Gasteiger partial charge in [-0.1, -0.05) is 12.1 Å². The summed E-state index contributed by atoms with van der Waals surface area (Å²) in [5.74, 6) is -1.02. The molecule has 10 heteroatoms. The van der Waals surface area contributed by atoms with Crippen molar-refractivity contribution in [2.24, 2.45) is 0 Å². The molecule has 3 N–H and O–H groups in total. The Bertz CT molecular complexity index is 1050. The minimum atomic E-state index is -4.89. The molecule has 2 atom stereocenters. The first-order chi connectivity index (χ1) is 14.9. The van der Waals surface area contributed by atoms with E-state index in [2.05, 4.69) is 15.4 Å². The zero-order chi connectivity index (χ0) is 23.3. The largest absolute Gasteiger partial charge is 0.573 e. The molecule has 2 aliphatic rings. The molecule has 1 heterocycles. The third kappa shape index (κ3) is 4.59. The second-order valence-corrected chi connectivity index (χ2v) is 8.55. The molecule has 1 aliphatic heterocycles. The smallest absolute Gasteiger partial charge is 0.483 e. The number of para-hydroxylation sites is 1. The van der Waals surface area contributed by atoms with Gasteiger partial charge in [-0.3, -0.25) is 0 Å². The Morgan fingerprint density at radius 3 is 2.62 bits per heavy atom. The maximum Gasteiger partial charge on any atom is 0.573 e. The summed E-state index contributed by atoms with van der Waals surface area (Å²) in [6, 6.07) is 5.47. The summed E-state index contributed by atoms with van der Waals surface area (Å²) in [6.45, 7) is 3.39. The van der Waals surface area contributed by atoms with Crippen molar-refractivity contribution < 1.29 is 36.9 Å². The highest BCUT2D eigenvalue weighted by atomic mass is 19.4. The number of rotatable bonds is 3. The molecule has 6 nitrogen and oxygen atoms in total. The van der Waals surface area contributed by atoms with E-state index in [1.165, 1.54) is 18.2 Å². The normalized spacial score (nSPS) is 21.2. The number of aliphatic hydroxyl groups is 1. The number of ether oxygens (including phenoxy) is 2. The van der Waals surface area contributed by atoms with E-state index in [-0.39, 0.29) is 18.6 Å². The summed E-state index contributed by atoms with van der Waals surface area (Å²) < 4.78 is 62.3. The van der Waals surface area contributed by atoms with Gasteiger partial charge in [-0.2, -0.15) is 0 Å². The number of halogens is 4. The topological polar surface area (TPSA) is 79.8 Å². The predicted molar refractivity (Wildman–Crippen MR) is 107 cm³/mol. The van der Waals surface area contributed by atoms with Crippen molar-refractivity contribution in [3.05, 3.63) is 52.8 Å².